The van der Waals surface area contributed by atoms with Crippen LogP contribution in [-0.2, 0) is 0 Å². The molecular formula is C12H15FN2O2S2. The molecule has 1 aromatic carbocycles. The number of hydrogen-bond acceptors (Lipinski definition) is 5. The smallest absolute Gasteiger partial charge is 0.340 e. The molecule has 2 rings (SSSR count). The molecule has 0 bridgehead atoms. The number of carbonyl (C=O) groups is 1. The first-order chi connectivity index (χ1) is 9.09. The Labute approximate surface area is 119 Å². The summed E-state index contributed by atoms with van der Waals surface area (Å²) >= 11 is 3.76. The normalized spacial score (nSPS) is 19.1. The van der Waals surface area contributed by atoms with E-state index in [1.165, 1.54) is 12.1 Å². The number of benzene rings is 1. The minimum Gasteiger partial charge on any atom is -0.478 e. The van der Waals surface area contributed by atoms with Crippen molar-refractivity contribution in [1.82, 2.24) is 0 Å². The van der Waals surface area contributed by atoms with Crippen molar-refractivity contribution in [1.29, 1.82) is 0 Å². The minimum absolute atomic E-state index is 0.187. The number of nitrogens with one attached hydrogen (secondary N) is 1. The SMILES string of the molecule is Nc1c(F)ccc(NCC2CSCCS2)c1C(=O)O. The number of hydrogen-bond donors (Lipinski definition) is 3. The van der Waals surface area contributed by atoms with Gasteiger partial charge in [-0.3, -0.25) is 0 Å². The number of aromatic carboxylic acids is 1. The molecule has 0 amide bonds. The van der Waals surface area contributed by atoms with Gasteiger partial charge >= 0.3 is 5.97 Å². The number of anilines is 2. The van der Waals surface area contributed by atoms with Gasteiger partial charge < -0.3 is 16.2 Å². The van der Waals surface area contributed by atoms with Crippen molar-refractivity contribution in [3.05, 3.63) is 23.5 Å². The molecule has 0 radical (unpaired) electrons. The number of rotatable bonds is 4. The van der Waals surface area contributed by atoms with Crippen molar-refractivity contribution < 1.29 is 14.3 Å². The number of carboxylic acids is 1. The first-order valence-corrected chi connectivity index (χ1v) is 8.04. The largest absolute Gasteiger partial charge is 0.478 e. The lowest BCUT2D eigenvalue weighted by Gasteiger charge is -2.22. The van der Waals surface area contributed by atoms with Crippen LogP contribution in [0.5, 0.6) is 0 Å². The van der Waals surface area contributed by atoms with Gasteiger partial charge in [0.25, 0.3) is 0 Å². The molecule has 1 atom stereocenters. The van der Waals surface area contributed by atoms with Crippen molar-refractivity contribution in [2.75, 3.05) is 34.9 Å². The van der Waals surface area contributed by atoms with Gasteiger partial charge in [0.1, 0.15) is 11.4 Å². The zero-order chi connectivity index (χ0) is 13.8. The van der Waals surface area contributed by atoms with Crippen LogP contribution in [0.3, 0.4) is 0 Å². The molecule has 1 aliphatic heterocycles. The molecule has 19 heavy (non-hydrogen) atoms. The predicted molar refractivity (Wildman–Crippen MR) is 79.8 cm³/mol. The molecule has 1 aliphatic rings. The van der Waals surface area contributed by atoms with Crippen molar-refractivity contribution in [3.8, 4) is 0 Å². The maximum Gasteiger partial charge on any atom is 0.340 e. The van der Waals surface area contributed by atoms with Gasteiger partial charge in [0, 0.05) is 29.1 Å². The lowest BCUT2D eigenvalue weighted by Crippen LogP contribution is -2.24. The summed E-state index contributed by atoms with van der Waals surface area (Å²) in [5, 5.41) is 12.6. The van der Waals surface area contributed by atoms with Crippen LogP contribution in [0.25, 0.3) is 0 Å². The highest BCUT2D eigenvalue weighted by Crippen LogP contribution is 2.27. The third-order valence-corrected chi connectivity index (χ3v) is 5.66. The monoisotopic (exact) mass is 302 g/mol. The third-order valence-electron chi connectivity index (χ3n) is 2.81. The molecule has 1 fully saturated rings. The molecule has 0 saturated carbocycles. The first kappa shape index (κ1) is 14.3. The molecular weight excluding hydrogens is 287 g/mol. The van der Waals surface area contributed by atoms with E-state index in [4.69, 9.17) is 10.8 Å². The van der Waals surface area contributed by atoms with Gasteiger partial charge in [0.05, 0.1) is 11.4 Å². The Morgan fingerprint density at radius 3 is 2.95 bits per heavy atom. The summed E-state index contributed by atoms with van der Waals surface area (Å²) in [6.07, 6.45) is 0. The second kappa shape index (κ2) is 6.38. The van der Waals surface area contributed by atoms with E-state index in [0.717, 1.165) is 17.3 Å². The molecule has 104 valence electrons. The number of carboxylic acid groups (broad SMARTS) is 1. The molecule has 0 spiro atoms. The fraction of sp³-hybridized carbons (Fsp3) is 0.417. The van der Waals surface area contributed by atoms with E-state index in [-0.39, 0.29) is 11.3 Å². The van der Waals surface area contributed by atoms with Crippen LogP contribution in [0.2, 0.25) is 0 Å². The Morgan fingerprint density at radius 1 is 1.53 bits per heavy atom. The molecule has 4 N–H and O–H groups in total. The maximum atomic E-state index is 13.3. The summed E-state index contributed by atoms with van der Waals surface area (Å²) in [5.41, 5.74) is 5.36. The average Bonchev–Trinajstić information content (AvgIpc) is 2.41. The second-order valence-corrected chi connectivity index (χ2v) is 6.70. The van der Waals surface area contributed by atoms with Crippen LogP contribution in [0.4, 0.5) is 15.8 Å². The van der Waals surface area contributed by atoms with Crippen LogP contribution in [0.15, 0.2) is 12.1 Å². The molecule has 1 saturated heterocycles. The van der Waals surface area contributed by atoms with Crippen LogP contribution in [0, 0.1) is 5.82 Å². The molecule has 0 aliphatic carbocycles. The van der Waals surface area contributed by atoms with Crippen molar-refractivity contribution in [3.63, 3.8) is 0 Å². The summed E-state index contributed by atoms with van der Waals surface area (Å²) in [4.78, 5) is 11.1. The average molecular weight is 302 g/mol. The standard InChI is InChI=1S/C12H15FN2O2S2/c13-8-1-2-9(10(11(8)14)12(16)17)15-5-7-6-18-3-4-19-7/h1-2,7,15H,3-6,14H2,(H,16,17). The van der Waals surface area contributed by atoms with E-state index >= 15 is 0 Å². The van der Waals surface area contributed by atoms with E-state index in [1.54, 1.807) is 0 Å². The Morgan fingerprint density at radius 2 is 2.32 bits per heavy atom. The van der Waals surface area contributed by atoms with E-state index in [2.05, 4.69) is 5.32 Å². The van der Waals surface area contributed by atoms with E-state index in [1.807, 2.05) is 23.5 Å². The molecule has 0 aromatic heterocycles. The summed E-state index contributed by atoms with van der Waals surface area (Å²) < 4.78 is 13.3. The Balaban J connectivity index is 2.11. The van der Waals surface area contributed by atoms with E-state index < -0.39 is 11.8 Å². The van der Waals surface area contributed by atoms with Gasteiger partial charge in [-0.2, -0.15) is 23.5 Å². The molecule has 4 nitrogen and oxygen atoms in total. The van der Waals surface area contributed by atoms with Gasteiger partial charge in [0.15, 0.2) is 0 Å². The maximum absolute atomic E-state index is 13.3. The number of thioether (sulfide) groups is 2. The van der Waals surface area contributed by atoms with Crippen molar-refractivity contribution in [2.24, 2.45) is 0 Å². The molecule has 1 aromatic rings. The summed E-state index contributed by atoms with van der Waals surface area (Å²) in [5.74, 6) is 1.38. The summed E-state index contributed by atoms with van der Waals surface area (Å²) in [7, 11) is 0. The topological polar surface area (TPSA) is 75.3 Å². The van der Waals surface area contributed by atoms with Crippen molar-refractivity contribution in [2.45, 2.75) is 5.25 Å². The highest BCUT2D eigenvalue weighted by atomic mass is 32.2. The zero-order valence-electron chi connectivity index (χ0n) is 10.2. The molecule has 1 heterocycles. The summed E-state index contributed by atoms with van der Waals surface area (Å²) in [6, 6.07) is 2.61. The van der Waals surface area contributed by atoms with Crippen LogP contribution >= 0.6 is 23.5 Å². The lowest BCUT2D eigenvalue weighted by molar-refractivity contribution is 0.0698. The minimum atomic E-state index is -1.22. The van der Waals surface area contributed by atoms with Gasteiger partial charge in [0.2, 0.25) is 0 Å². The number of halogens is 1. The highest BCUT2D eigenvalue weighted by molar-refractivity contribution is 8.06. The Kier molecular flexibility index (Phi) is 4.81. The van der Waals surface area contributed by atoms with E-state index in [0.29, 0.717) is 17.5 Å². The number of nitrogen functional groups attached to an aromatic ring is 1. The quantitative estimate of drug-likeness (QED) is 0.741. The highest BCUT2D eigenvalue weighted by Gasteiger charge is 2.19. The van der Waals surface area contributed by atoms with Crippen LogP contribution in [-0.4, -0.2) is 40.1 Å². The van der Waals surface area contributed by atoms with Crippen LogP contribution in [0.1, 0.15) is 10.4 Å². The molecule has 7 heteroatoms. The van der Waals surface area contributed by atoms with Gasteiger partial charge in [-0.05, 0) is 12.1 Å². The lowest BCUT2D eigenvalue weighted by atomic mass is 10.1. The third kappa shape index (κ3) is 3.48. The van der Waals surface area contributed by atoms with Gasteiger partial charge in [-0.15, -0.1) is 0 Å². The van der Waals surface area contributed by atoms with Gasteiger partial charge in [-0.1, -0.05) is 0 Å². The van der Waals surface area contributed by atoms with E-state index in [9.17, 15) is 9.18 Å². The number of nitrogens with two attached hydrogens (primary N) is 1. The fourth-order valence-corrected chi connectivity index (χ4v) is 4.46. The zero-order valence-corrected chi connectivity index (χ0v) is 11.8. The first-order valence-electron chi connectivity index (χ1n) is 5.84. The Bertz CT molecular complexity index is 479. The predicted octanol–water partition coefficient (Wildman–Crippen LogP) is 2.37. The second-order valence-electron chi connectivity index (χ2n) is 4.14. The molecule has 1 unspecified atom stereocenters. The Hall–Kier alpha value is -1.08. The summed E-state index contributed by atoms with van der Waals surface area (Å²) in [6.45, 7) is 0.656. The fourth-order valence-electron chi connectivity index (χ4n) is 1.85. The van der Waals surface area contributed by atoms with Crippen LogP contribution < -0.4 is 11.1 Å². The van der Waals surface area contributed by atoms with Crippen molar-refractivity contribution >= 4 is 40.9 Å². The van der Waals surface area contributed by atoms with Gasteiger partial charge in [-0.25, -0.2) is 9.18 Å².